The van der Waals surface area contributed by atoms with E-state index in [9.17, 15) is 13.6 Å². The van der Waals surface area contributed by atoms with Crippen LogP contribution in [-0.4, -0.2) is 22.6 Å². The Morgan fingerprint density at radius 3 is 2.58 bits per heavy atom. The molecule has 1 amide bonds. The molecule has 0 aliphatic heterocycles. The van der Waals surface area contributed by atoms with Gasteiger partial charge in [-0.15, -0.1) is 0 Å². The van der Waals surface area contributed by atoms with Crippen molar-refractivity contribution in [3.8, 4) is 11.4 Å². The number of halogens is 2. The number of benzene rings is 2. The van der Waals surface area contributed by atoms with Crippen molar-refractivity contribution in [3.63, 3.8) is 0 Å². The predicted octanol–water partition coefficient (Wildman–Crippen LogP) is 3.31. The molecule has 0 bridgehead atoms. The number of rotatable bonds is 7. The molecule has 0 spiro atoms. The Morgan fingerprint density at radius 1 is 1.04 bits per heavy atom. The zero-order chi connectivity index (χ0) is 18.4. The van der Waals surface area contributed by atoms with Crippen molar-refractivity contribution < 1.29 is 18.1 Å². The first kappa shape index (κ1) is 17.7. The van der Waals surface area contributed by atoms with Crippen LogP contribution in [0.2, 0.25) is 0 Å². The topological polar surface area (TPSA) is 68.0 Å². The zero-order valence-electron chi connectivity index (χ0n) is 13.9. The maximum atomic E-state index is 13.5. The average molecular weight is 357 g/mol. The molecule has 1 aromatic heterocycles. The van der Waals surface area contributed by atoms with Gasteiger partial charge in [-0.3, -0.25) is 4.79 Å². The normalized spacial score (nSPS) is 10.7. The maximum absolute atomic E-state index is 13.5. The number of amides is 1. The standard InChI is InChI=1S/C19H17F2N3O2/c20-15-7-5-14(6-8-15)19-23-18(26-24-19)10-9-17(25)22-12-11-13-3-1-2-4-16(13)21/h1-8H,9-12H2,(H,22,25). The highest BCUT2D eigenvalue weighted by Gasteiger charge is 2.11. The summed E-state index contributed by atoms with van der Waals surface area (Å²) in [5.74, 6) is -0.123. The Hall–Kier alpha value is -3.09. The number of carbonyl (C=O) groups is 1. The second-order valence-electron chi connectivity index (χ2n) is 5.71. The lowest BCUT2D eigenvalue weighted by molar-refractivity contribution is -0.121. The number of hydrogen-bond donors (Lipinski definition) is 1. The van der Waals surface area contributed by atoms with Gasteiger partial charge in [0.2, 0.25) is 17.6 Å². The van der Waals surface area contributed by atoms with Gasteiger partial charge >= 0.3 is 0 Å². The van der Waals surface area contributed by atoms with Gasteiger partial charge in [-0.1, -0.05) is 23.4 Å². The summed E-state index contributed by atoms with van der Waals surface area (Å²) in [5, 5.41) is 6.56. The molecule has 3 aromatic rings. The molecule has 0 atom stereocenters. The molecule has 3 rings (SSSR count). The quantitative estimate of drug-likeness (QED) is 0.704. The third kappa shape index (κ3) is 4.72. The monoisotopic (exact) mass is 357 g/mol. The van der Waals surface area contributed by atoms with Crippen LogP contribution in [0.15, 0.2) is 53.1 Å². The molecule has 0 saturated carbocycles. The van der Waals surface area contributed by atoms with E-state index >= 15 is 0 Å². The molecule has 7 heteroatoms. The van der Waals surface area contributed by atoms with Crippen molar-refractivity contribution in [2.24, 2.45) is 0 Å². The number of carbonyl (C=O) groups excluding carboxylic acids is 1. The Bertz CT molecular complexity index is 879. The van der Waals surface area contributed by atoms with Crippen molar-refractivity contribution in [2.45, 2.75) is 19.3 Å². The Labute approximate surface area is 149 Å². The number of aryl methyl sites for hydroxylation is 1. The summed E-state index contributed by atoms with van der Waals surface area (Å²) in [7, 11) is 0. The molecular formula is C19H17F2N3O2. The fourth-order valence-corrected chi connectivity index (χ4v) is 2.42. The molecule has 26 heavy (non-hydrogen) atoms. The summed E-state index contributed by atoms with van der Waals surface area (Å²) < 4.78 is 31.5. The van der Waals surface area contributed by atoms with E-state index in [1.54, 1.807) is 30.3 Å². The molecule has 134 valence electrons. The van der Waals surface area contributed by atoms with E-state index in [1.165, 1.54) is 18.2 Å². The van der Waals surface area contributed by atoms with Crippen LogP contribution in [0.25, 0.3) is 11.4 Å². The second kappa shape index (κ2) is 8.33. The van der Waals surface area contributed by atoms with E-state index < -0.39 is 0 Å². The maximum Gasteiger partial charge on any atom is 0.227 e. The van der Waals surface area contributed by atoms with Gasteiger partial charge < -0.3 is 9.84 Å². The highest BCUT2D eigenvalue weighted by molar-refractivity contribution is 5.76. The van der Waals surface area contributed by atoms with Crippen molar-refractivity contribution in [3.05, 3.63) is 71.6 Å². The molecule has 0 radical (unpaired) electrons. The third-order valence-electron chi connectivity index (χ3n) is 3.81. The van der Waals surface area contributed by atoms with E-state index in [-0.39, 0.29) is 24.0 Å². The van der Waals surface area contributed by atoms with E-state index in [4.69, 9.17) is 4.52 Å². The first-order valence-corrected chi connectivity index (χ1v) is 8.20. The van der Waals surface area contributed by atoms with Crippen molar-refractivity contribution in [2.75, 3.05) is 6.54 Å². The first-order valence-electron chi connectivity index (χ1n) is 8.20. The highest BCUT2D eigenvalue weighted by atomic mass is 19.1. The summed E-state index contributed by atoms with van der Waals surface area (Å²) in [4.78, 5) is 16.1. The van der Waals surface area contributed by atoms with Crippen LogP contribution in [-0.2, 0) is 17.6 Å². The summed E-state index contributed by atoms with van der Waals surface area (Å²) in [6.45, 7) is 0.352. The third-order valence-corrected chi connectivity index (χ3v) is 3.81. The Kier molecular flexibility index (Phi) is 5.68. The largest absolute Gasteiger partial charge is 0.356 e. The van der Waals surface area contributed by atoms with Gasteiger partial charge in [0.25, 0.3) is 0 Å². The van der Waals surface area contributed by atoms with E-state index in [0.717, 1.165) is 0 Å². The smallest absolute Gasteiger partial charge is 0.227 e. The van der Waals surface area contributed by atoms with Crippen LogP contribution in [0.4, 0.5) is 8.78 Å². The minimum Gasteiger partial charge on any atom is -0.356 e. The number of hydrogen-bond acceptors (Lipinski definition) is 4. The van der Waals surface area contributed by atoms with Gasteiger partial charge in [0.05, 0.1) is 0 Å². The van der Waals surface area contributed by atoms with E-state index in [0.29, 0.717) is 42.2 Å². The van der Waals surface area contributed by atoms with Crippen molar-refractivity contribution in [1.82, 2.24) is 15.5 Å². The van der Waals surface area contributed by atoms with Crippen LogP contribution in [0.1, 0.15) is 17.9 Å². The fourth-order valence-electron chi connectivity index (χ4n) is 2.42. The lowest BCUT2D eigenvalue weighted by atomic mass is 10.1. The second-order valence-corrected chi connectivity index (χ2v) is 5.71. The van der Waals surface area contributed by atoms with E-state index in [1.807, 2.05) is 0 Å². The molecule has 0 saturated heterocycles. The highest BCUT2D eigenvalue weighted by Crippen LogP contribution is 2.16. The average Bonchev–Trinajstić information content (AvgIpc) is 3.11. The summed E-state index contributed by atoms with van der Waals surface area (Å²) in [6.07, 6.45) is 0.899. The van der Waals surface area contributed by atoms with Gasteiger partial charge in [0, 0.05) is 24.9 Å². The minimum absolute atomic E-state index is 0.178. The Balaban J connectivity index is 1.45. The zero-order valence-corrected chi connectivity index (χ0v) is 13.9. The SMILES string of the molecule is O=C(CCc1nc(-c2ccc(F)cc2)no1)NCCc1ccccc1F. The lowest BCUT2D eigenvalue weighted by Crippen LogP contribution is -2.26. The lowest BCUT2D eigenvalue weighted by Gasteiger charge is -2.05. The summed E-state index contributed by atoms with van der Waals surface area (Å²) in [6, 6.07) is 12.2. The van der Waals surface area contributed by atoms with Crippen LogP contribution in [0.3, 0.4) is 0 Å². The molecule has 2 aromatic carbocycles. The van der Waals surface area contributed by atoms with Crippen LogP contribution < -0.4 is 5.32 Å². The minimum atomic E-state index is -0.343. The van der Waals surface area contributed by atoms with Gasteiger partial charge in [-0.25, -0.2) is 8.78 Å². The summed E-state index contributed by atoms with van der Waals surface area (Å²) >= 11 is 0. The van der Waals surface area contributed by atoms with Gasteiger partial charge in [-0.2, -0.15) is 4.98 Å². The van der Waals surface area contributed by atoms with Crippen LogP contribution in [0.5, 0.6) is 0 Å². The van der Waals surface area contributed by atoms with Crippen molar-refractivity contribution >= 4 is 5.91 Å². The molecule has 0 fully saturated rings. The number of nitrogens with one attached hydrogen (secondary N) is 1. The first-order chi connectivity index (χ1) is 12.6. The molecule has 1 heterocycles. The summed E-state index contributed by atoms with van der Waals surface area (Å²) in [5.41, 5.74) is 1.20. The van der Waals surface area contributed by atoms with Crippen molar-refractivity contribution in [1.29, 1.82) is 0 Å². The van der Waals surface area contributed by atoms with Gasteiger partial charge in [-0.05, 0) is 42.3 Å². The molecule has 1 N–H and O–H groups in total. The molecule has 0 aliphatic carbocycles. The molecule has 5 nitrogen and oxygen atoms in total. The van der Waals surface area contributed by atoms with Crippen LogP contribution in [0, 0.1) is 11.6 Å². The molecule has 0 unspecified atom stereocenters. The number of nitrogens with zero attached hydrogens (tertiary/aromatic N) is 2. The van der Waals surface area contributed by atoms with Gasteiger partial charge in [0.15, 0.2) is 0 Å². The molecular weight excluding hydrogens is 340 g/mol. The fraction of sp³-hybridized carbons (Fsp3) is 0.211. The predicted molar refractivity (Wildman–Crippen MR) is 91.1 cm³/mol. The Morgan fingerprint density at radius 2 is 1.81 bits per heavy atom. The van der Waals surface area contributed by atoms with Crippen LogP contribution >= 0.6 is 0 Å². The number of aromatic nitrogens is 2. The van der Waals surface area contributed by atoms with Gasteiger partial charge in [0.1, 0.15) is 11.6 Å². The molecule has 0 aliphatic rings. The van der Waals surface area contributed by atoms with E-state index in [2.05, 4.69) is 15.5 Å².